The maximum atomic E-state index is 11.6. The minimum atomic E-state index is -0.310. The van der Waals surface area contributed by atoms with Crippen LogP contribution in [0.5, 0.6) is 0 Å². The van der Waals surface area contributed by atoms with Crippen molar-refractivity contribution in [3.05, 3.63) is 35.9 Å². The molecule has 2 aromatic heterocycles. The molecule has 1 unspecified atom stereocenters. The lowest BCUT2D eigenvalue weighted by Gasteiger charge is -2.34. The Morgan fingerprint density at radius 2 is 2.32 bits per heavy atom. The van der Waals surface area contributed by atoms with Gasteiger partial charge in [0.15, 0.2) is 0 Å². The number of pyridine rings is 1. The Kier molecular flexibility index (Phi) is 4.43. The minimum Gasteiger partial charge on any atom is -0.465 e. The molecular weight excluding hydrogens is 278 g/mol. The maximum absolute atomic E-state index is 11.6. The van der Waals surface area contributed by atoms with Crippen LogP contribution in [0.25, 0.3) is 5.52 Å². The Morgan fingerprint density at radius 1 is 1.45 bits per heavy atom. The zero-order valence-electron chi connectivity index (χ0n) is 13.3. The molecule has 0 saturated carbocycles. The number of hydrogen-bond donors (Lipinski definition) is 0. The molecule has 0 spiro atoms. The third-order valence-electron chi connectivity index (χ3n) is 4.60. The number of likely N-dealkylation sites (N-methyl/N-ethyl adjacent to an activating group) is 1. The van der Waals surface area contributed by atoms with Crippen LogP contribution < -0.4 is 0 Å². The van der Waals surface area contributed by atoms with Gasteiger partial charge in [-0.15, -0.1) is 0 Å². The van der Waals surface area contributed by atoms with Crippen LogP contribution in [0.3, 0.4) is 0 Å². The predicted octanol–water partition coefficient (Wildman–Crippen LogP) is 2.54. The monoisotopic (exact) mass is 301 g/mol. The number of ether oxygens (including phenoxy) is 1. The van der Waals surface area contributed by atoms with E-state index < -0.39 is 0 Å². The van der Waals surface area contributed by atoms with E-state index in [9.17, 15) is 4.79 Å². The number of hydrogen-bond acceptors (Lipinski definition) is 4. The van der Waals surface area contributed by atoms with Gasteiger partial charge in [-0.25, -0.2) is 9.78 Å². The van der Waals surface area contributed by atoms with Crippen molar-refractivity contribution in [2.45, 2.75) is 38.6 Å². The number of nitrogens with zero attached hydrogens (tertiary/aromatic N) is 3. The number of methoxy groups -OCH3 is 1. The molecule has 0 amide bonds. The Labute approximate surface area is 130 Å². The van der Waals surface area contributed by atoms with E-state index in [1.54, 1.807) is 6.07 Å². The molecule has 3 rings (SSSR count). The van der Waals surface area contributed by atoms with Crippen molar-refractivity contribution in [2.75, 3.05) is 20.2 Å². The van der Waals surface area contributed by atoms with E-state index in [2.05, 4.69) is 21.2 Å². The van der Waals surface area contributed by atoms with E-state index in [-0.39, 0.29) is 5.97 Å². The van der Waals surface area contributed by atoms with Gasteiger partial charge in [0.1, 0.15) is 5.82 Å². The molecule has 1 fully saturated rings. The van der Waals surface area contributed by atoms with Gasteiger partial charge in [-0.1, -0.05) is 13.3 Å². The number of imidazole rings is 1. The molecule has 1 atom stereocenters. The van der Waals surface area contributed by atoms with Crippen LogP contribution in [0.4, 0.5) is 0 Å². The van der Waals surface area contributed by atoms with E-state index >= 15 is 0 Å². The fourth-order valence-corrected chi connectivity index (χ4v) is 3.37. The lowest BCUT2D eigenvalue weighted by Crippen LogP contribution is -2.40. The van der Waals surface area contributed by atoms with Crippen LogP contribution in [0.15, 0.2) is 24.5 Å². The average Bonchev–Trinajstić information content (AvgIpc) is 2.97. The standard InChI is InChI=1S/C17H23N3O2/c1-3-19-8-5-4-6-14(19)11-16-18-12-15-10-13(17(21)22-2)7-9-20(15)16/h7,9-10,12,14H,3-6,8,11H2,1-2H3. The summed E-state index contributed by atoms with van der Waals surface area (Å²) in [5.74, 6) is 0.756. The van der Waals surface area contributed by atoms with Gasteiger partial charge >= 0.3 is 5.97 Å². The van der Waals surface area contributed by atoms with E-state index in [1.165, 1.54) is 32.9 Å². The van der Waals surface area contributed by atoms with Gasteiger partial charge in [0.05, 0.1) is 24.4 Å². The van der Waals surface area contributed by atoms with Crippen molar-refractivity contribution >= 4 is 11.5 Å². The summed E-state index contributed by atoms with van der Waals surface area (Å²) in [4.78, 5) is 18.7. The van der Waals surface area contributed by atoms with Gasteiger partial charge in [-0.05, 0) is 38.1 Å². The second-order valence-electron chi connectivity index (χ2n) is 5.86. The zero-order valence-corrected chi connectivity index (χ0v) is 13.3. The van der Waals surface area contributed by atoms with Crippen LogP contribution in [0, 0.1) is 0 Å². The number of esters is 1. The van der Waals surface area contributed by atoms with Gasteiger partial charge in [0.25, 0.3) is 0 Å². The molecule has 0 aromatic carbocycles. The second-order valence-corrected chi connectivity index (χ2v) is 5.86. The highest BCUT2D eigenvalue weighted by Crippen LogP contribution is 2.21. The first-order valence-electron chi connectivity index (χ1n) is 8.01. The number of likely N-dealkylation sites (tertiary alicyclic amines) is 1. The Morgan fingerprint density at radius 3 is 3.09 bits per heavy atom. The van der Waals surface area contributed by atoms with E-state index in [4.69, 9.17) is 4.74 Å². The van der Waals surface area contributed by atoms with Crippen molar-refractivity contribution in [3.63, 3.8) is 0 Å². The summed E-state index contributed by atoms with van der Waals surface area (Å²) in [5.41, 5.74) is 1.51. The first-order valence-corrected chi connectivity index (χ1v) is 8.01. The smallest absolute Gasteiger partial charge is 0.337 e. The Balaban J connectivity index is 1.84. The molecular formula is C17H23N3O2. The summed E-state index contributed by atoms with van der Waals surface area (Å²) in [6.45, 7) is 4.52. The molecule has 22 heavy (non-hydrogen) atoms. The van der Waals surface area contributed by atoms with Gasteiger partial charge in [0, 0.05) is 18.7 Å². The van der Waals surface area contributed by atoms with Crippen LogP contribution in [0.2, 0.25) is 0 Å². The molecule has 0 N–H and O–H groups in total. The first-order chi connectivity index (χ1) is 10.7. The van der Waals surface area contributed by atoms with Crippen LogP contribution in [0.1, 0.15) is 42.4 Å². The molecule has 2 aromatic rings. The molecule has 5 nitrogen and oxygen atoms in total. The fraction of sp³-hybridized carbons (Fsp3) is 0.529. The molecule has 0 radical (unpaired) electrons. The minimum absolute atomic E-state index is 0.310. The lowest BCUT2D eigenvalue weighted by atomic mass is 9.99. The summed E-state index contributed by atoms with van der Waals surface area (Å²) >= 11 is 0. The number of carbonyl (C=O) groups excluding carboxylic acids is 1. The molecule has 1 aliphatic heterocycles. The number of rotatable bonds is 4. The van der Waals surface area contributed by atoms with Gasteiger partial charge < -0.3 is 14.0 Å². The van der Waals surface area contributed by atoms with E-state index in [0.29, 0.717) is 11.6 Å². The lowest BCUT2D eigenvalue weighted by molar-refractivity contribution is 0.0600. The SMILES string of the molecule is CCN1CCCCC1Cc1ncc2cc(C(=O)OC)ccn12. The molecule has 118 valence electrons. The van der Waals surface area contributed by atoms with Crippen LogP contribution in [-0.4, -0.2) is 46.5 Å². The van der Waals surface area contributed by atoms with E-state index in [0.717, 1.165) is 24.3 Å². The number of carbonyl (C=O) groups is 1. The van der Waals surface area contributed by atoms with Crippen molar-refractivity contribution < 1.29 is 9.53 Å². The van der Waals surface area contributed by atoms with Gasteiger partial charge in [-0.3, -0.25) is 0 Å². The quantitative estimate of drug-likeness (QED) is 0.814. The predicted molar refractivity (Wildman–Crippen MR) is 85.1 cm³/mol. The van der Waals surface area contributed by atoms with Crippen molar-refractivity contribution in [1.82, 2.24) is 14.3 Å². The molecule has 5 heteroatoms. The average molecular weight is 301 g/mol. The summed E-state index contributed by atoms with van der Waals surface area (Å²) < 4.78 is 6.85. The number of fused-ring (bicyclic) bond motifs is 1. The molecule has 1 saturated heterocycles. The summed E-state index contributed by atoms with van der Waals surface area (Å²) in [5, 5.41) is 0. The van der Waals surface area contributed by atoms with Gasteiger partial charge in [-0.2, -0.15) is 0 Å². The van der Waals surface area contributed by atoms with Crippen molar-refractivity contribution in [3.8, 4) is 0 Å². The summed E-state index contributed by atoms with van der Waals surface area (Å²) in [7, 11) is 1.40. The number of piperidine rings is 1. The highest BCUT2D eigenvalue weighted by Gasteiger charge is 2.22. The maximum Gasteiger partial charge on any atom is 0.337 e. The van der Waals surface area contributed by atoms with Crippen molar-refractivity contribution in [2.24, 2.45) is 0 Å². The number of aromatic nitrogens is 2. The Bertz CT molecular complexity index is 665. The zero-order chi connectivity index (χ0) is 15.5. The summed E-state index contributed by atoms with van der Waals surface area (Å²) in [6.07, 6.45) is 8.55. The van der Waals surface area contributed by atoms with Crippen LogP contribution in [-0.2, 0) is 11.2 Å². The first kappa shape index (κ1) is 15.0. The molecule has 0 aliphatic carbocycles. The normalized spacial score (nSPS) is 19.5. The van der Waals surface area contributed by atoms with Crippen LogP contribution >= 0.6 is 0 Å². The summed E-state index contributed by atoms with van der Waals surface area (Å²) in [6, 6.07) is 4.20. The third kappa shape index (κ3) is 2.86. The van der Waals surface area contributed by atoms with E-state index in [1.807, 2.05) is 18.5 Å². The van der Waals surface area contributed by atoms with Gasteiger partial charge in [0.2, 0.25) is 0 Å². The second kappa shape index (κ2) is 6.48. The topological polar surface area (TPSA) is 46.8 Å². The third-order valence-corrected chi connectivity index (χ3v) is 4.60. The molecule has 3 heterocycles. The molecule has 0 bridgehead atoms. The fourth-order valence-electron chi connectivity index (χ4n) is 3.37. The Hall–Kier alpha value is -1.88. The largest absolute Gasteiger partial charge is 0.465 e. The highest BCUT2D eigenvalue weighted by atomic mass is 16.5. The molecule has 1 aliphatic rings. The highest BCUT2D eigenvalue weighted by molar-refractivity contribution is 5.90. The van der Waals surface area contributed by atoms with Crippen molar-refractivity contribution in [1.29, 1.82) is 0 Å².